The molecule has 20 heavy (non-hydrogen) atoms. The first-order chi connectivity index (χ1) is 9.51. The minimum Gasteiger partial charge on any atom is -0.495 e. The summed E-state index contributed by atoms with van der Waals surface area (Å²) >= 11 is 6.13. The van der Waals surface area contributed by atoms with Crippen molar-refractivity contribution in [2.24, 2.45) is 0 Å². The van der Waals surface area contributed by atoms with Crippen molar-refractivity contribution in [2.45, 2.75) is 27.3 Å². The normalized spacial score (nSPS) is 10.4. The Morgan fingerprint density at radius 2 is 1.70 bits per heavy atom. The fourth-order valence-electron chi connectivity index (χ4n) is 2.46. The highest BCUT2D eigenvalue weighted by atomic mass is 35.5. The van der Waals surface area contributed by atoms with Crippen LogP contribution in [-0.2, 0) is 6.54 Å². The van der Waals surface area contributed by atoms with E-state index >= 15 is 0 Å². The van der Waals surface area contributed by atoms with E-state index in [9.17, 15) is 0 Å². The molecule has 106 valence electrons. The van der Waals surface area contributed by atoms with Crippen LogP contribution in [0.5, 0.6) is 5.75 Å². The average Bonchev–Trinajstić information content (AvgIpc) is 2.37. The molecule has 2 aromatic rings. The van der Waals surface area contributed by atoms with Gasteiger partial charge in [0.1, 0.15) is 5.75 Å². The van der Waals surface area contributed by atoms with E-state index in [1.165, 1.54) is 22.3 Å². The molecule has 2 rings (SSSR count). The molecule has 1 N–H and O–H groups in total. The second-order valence-electron chi connectivity index (χ2n) is 5.08. The molecule has 0 aliphatic rings. The Labute approximate surface area is 125 Å². The van der Waals surface area contributed by atoms with Gasteiger partial charge >= 0.3 is 0 Å². The van der Waals surface area contributed by atoms with E-state index in [1.54, 1.807) is 7.11 Å². The van der Waals surface area contributed by atoms with Crippen LogP contribution in [0.4, 0.5) is 5.69 Å². The molecule has 0 unspecified atom stereocenters. The van der Waals surface area contributed by atoms with Gasteiger partial charge in [-0.2, -0.15) is 0 Å². The summed E-state index contributed by atoms with van der Waals surface area (Å²) in [5.41, 5.74) is 6.26. The van der Waals surface area contributed by atoms with Gasteiger partial charge in [0, 0.05) is 12.2 Å². The average molecular weight is 290 g/mol. The Kier molecular flexibility index (Phi) is 4.56. The second-order valence-corrected chi connectivity index (χ2v) is 5.49. The monoisotopic (exact) mass is 289 g/mol. The topological polar surface area (TPSA) is 21.3 Å². The molecule has 2 nitrogen and oxygen atoms in total. The predicted molar refractivity (Wildman–Crippen MR) is 86.0 cm³/mol. The highest BCUT2D eigenvalue weighted by molar-refractivity contribution is 6.32. The van der Waals surface area contributed by atoms with Gasteiger partial charge in [-0.05, 0) is 55.7 Å². The largest absolute Gasteiger partial charge is 0.495 e. The van der Waals surface area contributed by atoms with E-state index in [0.29, 0.717) is 10.8 Å². The van der Waals surface area contributed by atoms with Crippen molar-refractivity contribution in [3.8, 4) is 5.75 Å². The SMILES string of the molecule is COc1ccc(NCc2c(C)cc(C)cc2C)cc1Cl. The molecule has 3 heteroatoms. The summed E-state index contributed by atoms with van der Waals surface area (Å²) in [5.74, 6) is 0.694. The number of methoxy groups -OCH3 is 1. The minimum atomic E-state index is 0.620. The quantitative estimate of drug-likeness (QED) is 0.865. The Bertz CT molecular complexity index is 599. The fourth-order valence-corrected chi connectivity index (χ4v) is 2.71. The van der Waals surface area contributed by atoms with E-state index in [1.807, 2.05) is 18.2 Å². The maximum atomic E-state index is 6.13. The molecule has 0 atom stereocenters. The molecule has 0 bridgehead atoms. The summed E-state index contributed by atoms with van der Waals surface area (Å²) in [7, 11) is 1.62. The molecule has 2 aromatic carbocycles. The van der Waals surface area contributed by atoms with Gasteiger partial charge in [-0.1, -0.05) is 29.3 Å². The lowest BCUT2D eigenvalue weighted by Gasteiger charge is -2.14. The van der Waals surface area contributed by atoms with Gasteiger partial charge in [0.05, 0.1) is 12.1 Å². The van der Waals surface area contributed by atoms with E-state index in [2.05, 4.69) is 38.2 Å². The molecule has 0 spiro atoms. The Balaban J connectivity index is 2.15. The molecule has 0 amide bonds. The Morgan fingerprint density at radius 1 is 1.05 bits per heavy atom. The number of ether oxygens (including phenoxy) is 1. The van der Waals surface area contributed by atoms with Crippen LogP contribution in [0.2, 0.25) is 5.02 Å². The standard InChI is InChI=1S/C17H20ClNO/c1-11-7-12(2)15(13(3)8-11)10-19-14-5-6-17(20-4)16(18)9-14/h5-9,19H,10H2,1-4H3. The van der Waals surface area contributed by atoms with E-state index in [0.717, 1.165) is 12.2 Å². The van der Waals surface area contributed by atoms with Crippen LogP contribution >= 0.6 is 11.6 Å². The van der Waals surface area contributed by atoms with Crippen molar-refractivity contribution < 1.29 is 4.74 Å². The van der Waals surface area contributed by atoms with E-state index < -0.39 is 0 Å². The minimum absolute atomic E-state index is 0.620. The zero-order valence-electron chi connectivity index (χ0n) is 12.4. The van der Waals surface area contributed by atoms with Crippen LogP contribution in [0.25, 0.3) is 0 Å². The third kappa shape index (κ3) is 3.26. The van der Waals surface area contributed by atoms with Crippen LogP contribution in [-0.4, -0.2) is 7.11 Å². The molecule has 0 fully saturated rings. The highest BCUT2D eigenvalue weighted by Crippen LogP contribution is 2.27. The van der Waals surface area contributed by atoms with Crippen molar-refractivity contribution in [3.63, 3.8) is 0 Å². The zero-order valence-corrected chi connectivity index (χ0v) is 13.1. The van der Waals surface area contributed by atoms with E-state index in [4.69, 9.17) is 16.3 Å². The first-order valence-electron chi connectivity index (χ1n) is 6.65. The molecular weight excluding hydrogens is 270 g/mol. The van der Waals surface area contributed by atoms with Crippen LogP contribution < -0.4 is 10.1 Å². The zero-order chi connectivity index (χ0) is 14.7. The number of halogens is 1. The second kappa shape index (κ2) is 6.19. The third-order valence-corrected chi connectivity index (χ3v) is 3.76. The number of anilines is 1. The molecular formula is C17H20ClNO. The summed E-state index contributed by atoms with van der Waals surface area (Å²) in [6.07, 6.45) is 0. The molecule has 0 saturated carbocycles. The van der Waals surface area contributed by atoms with Gasteiger partial charge < -0.3 is 10.1 Å². The summed E-state index contributed by atoms with van der Waals surface area (Å²) in [6.45, 7) is 7.22. The molecule has 0 aliphatic heterocycles. The molecule has 0 radical (unpaired) electrons. The summed E-state index contributed by atoms with van der Waals surface area (Å²) < 4.78 is 5.15. The van der Waals surface area contributed by atoms with Gasteiger partial charge in [0.2, 0.25) is 0 Å². The number of benzene rings is 2. The molecule has 0 saturated heterocycles. The number of aryl methyl sites for hydroxylation is 3. The van der Waals surface area contributed by atoms with Crippen molar-refractivity contribution in [3.05, 3.63) is 57.6 Å². The van der Waals surface area contributed by atoms with Gasteiger partial charge in [-0.3, -0.25) is 0 Å². The van der Waals surface area contributed by atoms with E-state index in [-0.39, 0.29) is 0 Å². The summed E-state index contributed by atoms with van der Waals surface area (Å²) in [4.78, 5) is 0. The van der Waals surface area contributed by atoms with Gasteiger partial charge in [0.25, 0.3) is 0 Å². The van der Waals surface area contributed by atoms with Crippen LogP contribution in [0, 0.1) is 20.8 Å². The first-order valence-corrected chi connectivity index (χ1v) is 7.03. The Morgan fingerprint density at radius 3 is 2.25 bits per heavy atom. The lowest BCUT2D eigenvalue weighted by molar-refractivity contribution is 0.415. The van der Waals surface area contributed by atoms with Crippen molar-refractivity contribution in [1.29, 1.82) is 0 Å². The van der Waals surface area contributed by atoms with Gasteiger partial charge in [-0.25, -0.2) is 0 Å². The highest BCUT2D eigenvalue weighted by Gasteiger charge is 2.05. The van der Waals surface area contributed by atoms with Crippen LogP contribution in [0.3, 0.4) is 0 Å². The maximum Gasteiger partial charge on any atom is 0.137 e. The van der Waals surface area contributed by atoms with Gasteiger partial charge in [0.15, 0.2) is 0 Å². The fraction of sp³-hybridized carbons (Fsp3) is 0.294. The number of nitrogens with one attached hydrogen (secondary N) is 1. The smallest absolute Gasteiger partial charge is 0.137 e. The summed E-state index contributed by atoms with van der Waals surface area (Å²) in [5, 5.41) is 4.03. The first kappa shape index (κ1) is 14.7. The lowest BCUT2D eigenvalue weighted by Crippen LogP contribution is -2.04. The molecule has 0 aromatic heterocycles. The van der Waals surface area contributed by atoms with Crippen molar-refractivity contribution in [2.75, 3.05) is 12.4 Å². The molecule has 0 heterocycles. The van der Waals surface area contributed by atoms with Crippen LogP contribution in [0.15, 0.2) is 30.3 Å². The predicted octanol–water partition coefficient (Wildman–Crippen LogP) is 4.89. The summed E-state index contributed by atoms with van der Waals surface area (Å²) in [6, 6.07) is 10.2. The third-order valence-electron chi connectivity index (χ3n) is 3.46. The van der Waals surface area contributed by atoms with Crippen molar-refractivity contribution in [1.82, 2.24) is 0 Å². The lowest BCUT2D eigenvalue weighted by atomic mass is 10.00. The number of hydrogen-bond donors (Lipinski definition) is 1. The Hall–Kier alpha value is -1.67. The number of hydrogen-bond acceptors (Lipinski definition) is 2. The van der Waals surface area contributed by atoms with Gasteiger partial charge in [-0.15, -0.1) is 0 Å². The van der Waals surface area contributed by atoms with Crippen molar-refractivity contribution >= 4 is 17.3 Å². The number of rotatable bonds is 4. The van der Waals surface area contributed by atoms with Crippen LogP contribution in [0.1, 0.15) is 22.3 Å². The maximum absolute atomic E-state index is 6.13. The molecule has 0 aliphatic carbocycles.